The molecule has 1 aliphatic rings. The Morgan fingerprint density at radius 3 is 2.66 bits per heavy atom. The van der Waals surface area contributed by atoms with Gasteiger partial charge in [0, 0.05) is 24.8 Å². The van der Waals surface area contributed by atoms with Gasteiger partial charge in [0.1, 0.15) is 11.6 Å². The number of sulfonamides is 1. The number of hydrogen-bond acceptors (Lipinski definition) is 5. The Hall–Kier alpha value is -2.79. The van der Waals surface area contributed by atoms with Crippen molar-refractivity contribution < 1.29 is 31.1 Å². The number of nitrogens with one attached hydrogen (secondary N) is 2. The number of carbonyl (C=O) groups excluding carboxylic acids is 1. The minimum atomic E-state index is -3.35. The lowest BCUT2D eigenvalue weighted by Crippen LogP contribution is -2.44. The van der Waals surface area contributed by atoms with Gasteiger partial charge in [-0.3, -0.25) is 4.79 Å². The molecule has 2 N–H and O–H groups in total. The monoisotopic (exact) mass is 429 g/mol. The van der Waals surface area contributed by atoms with Gasteiger partial charge in [-0.15, -0.1) is 0 Å². The fourth-order valence-corrected chi connectivity index (χ4v) is 3.39. The van der Waals surface area contributed by atoms with Crippen molar-refractivity contribution in [3.05, 3.63) is 47.8 Å². The van der Waals surface area contributed by atoms with Crippen LogP contribution in [0, 0.1) is 5.82 Å². The molecule has 0 aromatic heterocycles. The molecule has 2 aromatic carbocycles. The zero-order chi connectivity index (χ0) is 21.2. The Morgan fingerprint density at radius 2 is 1.97 bits per heavy atom. The molecule has 1 heterocycles. The summed E-state index contributed by atoms with van der Waals surface area (Å²) in [5.74, 6) is -1.33. The molecule has 11 heteroatoms. The minimum Gasteiger partial charge on any atom is -0.435 e. The van der Waals surface area contributed by atoms with Crippen LogP contribution in [-0.4, -0.2) is 51.9 Å². The molecule has 0 atom stereocenters. The number of hydrogen-bond donors (Lipinski definition) is 2. The molecule has 0 spiro atoms. The van der Waals surface area contributed by atoms with Crippen molar-refractivity contribution in [1.82, 2.24) is 9.62 Å². The van der Waals surface area contributed by atoms with Gasteiger partial charge < -0.3 is 15.0 Å². The first-order valence-electron chi connectivity index (χ1n) is 8.50. The van der Waals surface area contributed by atoms with Gasteiger partial charge in [-0.25, -0.2) is 17.5 Å². The largest absolute Gasteiger partial charge is 0.435 e. The predicted octanol–water partition coefficient (Wildman–Crippen LogP) is 2.47. The Kier molecular flexibility index (Phi) is 5.99. The second kappa shape index (κ2) is 8.29. The molecule has 0 aliphatic carbocycles. The molecule has 156 valence electrons. The van der Waals surface area contributed by atoms with Gasteiger partial charge in [0.15, 0.2) is 0 Å². The van der Waals surface area contributed by atoms with Crippen LogP contribution in [-0.2, 0) is 10.0 Å². The van der Waals surface area contributed by atoms with Crippen LogP contribution in [0.4, 0.5) is 18.9 Å². The molecular weight excluding hydrogens is 411 g/mol. The summed E-state index contributed by atoms with van der Waals surface area (Å²) in [6.07, 6.45) is 1.03. The van der Waals surface area contributed by atoms with Gasteiger partial charge in [-0.05, 0) is 35.4 Å². The molecule has 1 aliphatic heterocycles. The van der Waals surface area contributed by atoms with Gasteiger partial charge in [0.2, 0.25) is 10.0 Å². The molecule has 0 unspecified atom stereocenters. The average molecular weight is 429 g/mol. The van der Waals surface area contributed by atoms with Crippen LogP contribution >= 0.6 is 0 Å². The summed E-state index contributed by atoms with van der Waals surface area (Å²) in [5, 5.41) is 3.05. The zero-order valence-corrected chi connectivity index (χ0v) is 16.1. The SMILES string of the molecule is CS(=O)(=O)NCCN1CNc2cc(-c3cc(F)cc(OC(F)F)c3)ccc2C1=O. The van der Waals surface area contributed by atoms with Crippen molar-refractivity contribution in [1.29, 1.82) is 0 Å². The van der Waals surface area contributed by atoms with E-state index in [1.807, 2.05) is 0 Å². The molecule has 2 aromatic rings. The van der Waals surface area contributed by atoms with E-state index in [9.17, 15) is 26.4 Å². The van der Waals surface area contributed by atoms with E-state index in [0.717, 1.165) is 12.3 Å². The first kappa shape index (κ1) is 20.9. The number of fused-ring (bicyclic) bond motifs is 1. The van der Waals surface area contributed by atoms with Crippen LogP contribution in [0.3, 0.4) is 0 Å². The lowest BCUT2D eigenvalue weighted by atomic mass is 10.0. The molecule has 3 rings (SSSR count). The molecule has 0 fully saturated rings. The van der Waals surface area contributed by atoms with E-state index < -0.39 is 22.5 Å². The van der Waals surface area contributed by atoms with Crippen molar-refractivity contribution in [3.8, 4) is 16.9 Å². The number of carbonyl (C=O) groups is 1. The predicted molar refractivity (Wildman–Crippen MR) is 101 cm³/mol. The Balaban J connectivity index is 1.79. The molecule has 0 saturated heterocycles. The Morgan fingerprint density at radius 1 is 1.21 bits per heavy atom. The highest BCUT2D eigenvalue weighted by molar-refractivity contribution is 7.88. The Bertz CT molecular complexity index is 1030. The standard InChI is InChI=1S/C18H18F3N3O4S/c1-29(26,27)23-4-5-24-10-22-16-8-11(2-3-15(16)17(24)25)12-6-13(19)9-14(7-12)28-18(20)21/h2-3,6-9,18,22-23H,4-5,10H2,1H3. The first-order chi connectivity index (χ1) is 13.6. The molecule has 7 nitrogen and oxygen atoms in total. The normalized spacial score (nSPS) is 14.0. The maximum absolute atomic E-state index is 13.8. The molecule has 29 heavy (non-hydrogen) atoms. The van der Waals surface area contributed by atoms with Gasteiger partial charge in [-0.2, -0.15) is 8.78 Å². The van der Waals surface area contributed by atoms with Crippen molar-refractivity contribution in [3.63, 3.8) is 0 Å². The van der Waals surface area contributed by atoms with Crippen molar-refractivity contribution in [2.45, 2.75) is 6.61 Å². The highest BCUT2D eigenvalue weighted by atomic mass is 32.2. The topological polar surface area (TPSA) is 87.7 Å². The van der Waals surface area contributed by atoms with Crippen molar-refractivity contribution in [2.24, 2.45) is 0 Å². The molecular formula is C18H18F3N3O4S. The summed E-state index contributed by atoms with van der Waals surface area (Å²) < 4.78 is 67.4. The fraction of sp³-hybridized carbons (Fsp3) is 0.278. The highest BCUT2D eigenvalue weighted by Crippen LogP contribution is 2.31. The van der Waals surface area contributed by atoms with E-state index in [4.69, 9.17) is 0 Å². The maximum atomic E-state index is 13.8. The third kappa shape index (κ3) is 5.39. The van der Waals surface area contributed by atoms with E-state index in [-0.39, 0.29) is 31.4 Å². The van der Waals surface area contributed by atoms with Crippen LogP contribution in [0.2, 0.25) is 0 Å². The highest BCUT2D eigenvalue weighted by Gasteiger charge is 2.24. The lowest BCUT2D eigenvalue weighted by Gasteiger charge is -2.30. The van der Waals surface area contributed by atoms with Crippen molar-refractivity contribution >= 4 is 21.6 Å². The molecule has 0 radical (unpaired) electrons. The summed E-state index contributed by atoms with van der Waals surface area (Å²) >= 11 is 0. The summed E-state index contributed by atoms with van der Waals surface area (Å²) in [6.45, 7) is -2.66. The van der Waals surface area contributed by atoms with Crippen LogP contribution in [0.15, 0.2) is 36.4 Å². The number of anilines is 1. The van der Waals surface area contributed by atoms with E-state index in [0.29, 0.717) is 22.4 Å². The van der Waals surface area contributed by atoms with E-state index in [2.05, 4.69) is 14.8 Å². The number of benzene rings is 2. The average Bonchev–Trinajstić information content (AvgIpc) is 2.61. The van der Waals surface area contributed by atoms with Gasteiger partial charge >= 0.3 is 6.61 Å². The number of alkyl halides is 2. The van der Waals surface area contributed by atoms with Crippen LogP contribution in [0.25, 0.3) is 11.1 Å². The number of rotatable bonds is 7. The fourth-order valence-electron chi connectivity index (χ4n) is 2.93. The molecule has 1 amide bonds. The Labute approximate surface area is 165 Å². The number of ether oxygens (including phenoxy) is 1. The van der Waals surface area contributed by atoms with Gasteiger partial charge in [0.05, 0.1) is 18.5 Å². The van der Waals surface area contributed by atoms with Crippen LogP contribution in [0.1, 0.15) is 10.4 Å². The summed E-state index contributed by atoms with van der Waals surface area (Å²) in [5.41, 5.74) is 1.69. The zero-order valence-electron chi connectivity index (χ0n) is 15.3. The minimum absolute atomic E-state index is 0.0792. The smallest absolute Gasteiger partial charge is 0.387 e. The summed E-state index contributed by atoms with van der Waals surface area (Å²) in [4.78, 5) is 14.0. The lowest BCUT2D eigenvalue weighted by molar-refractivity contribution is -0.0499. The second-order valence-corrected chi connectivity index (χ2v) is 8.22. The van der Waals surface area contributed by atoms with Crippen molar-refractivity contribution in [2.75, 3.05) is 31.3 Å². The number of amides is 1. The number of halogens is 3. The second-order valence-electron chi connectivity index (χ2n) is 6.38. The van der Waals surface area contributed by atoms with E-state index in [1.54, 1.807) is 12.1 Å². The summed E-state index contributed by atoms with van der Waals surface area (Å²) in [7, 11) is -3.35. The van der Waals surface area contributed by atoms with Crippen LogP contribution in [0.5, 0.6) is 5.75 Å². The number of nitrogens with zero attached hydrogens (tertiary/aromatic N) is 1. The first-order valence-corrected chi connectivity index (χ1v) is 10.4. The van der Waals surface area contributed by atoms with Gasteiger partial charge in [-0.1, -0.05) is 6.07 Å². The van der Waals surface area contributed by atoms with E-state index >= 15 is 0 Å². The molecule has 0 bridgehead atoms. The van der Waals surface area contributed by atoms with Crippen LogP contribution < -0.4 is 14.8 Å². The van der Waals surface area contributed by atoms with Gasteiger partial charge in [0.25, 0.3) is 5.91 Å². The third-order valence-corrected chi connectivity index (χ3v) is 4.90. The third-order valence-electron chi connectivity index (χ3n) is 4.17. The molecule has 0 saturated carbocycles. The quantitative estimate of drug-likeness (QED) is 0.706. The summed E-state index contributed by atoms with van der Waals surface area (Å²) in [6, 6.07) is 8.03. The maximum Gasteiger partial charge on any atom is 0.387 e. The van der Waals surface area contributed by atoms with E-state index in [1.165, 1.54) is 23.1 Å².